The van der Waals surface area contributed by atoms with E-state index < -0.39 is 6.03 Å². The largest absolute Gasteiger partial charge is 0.492 e. The normalized spacial score (nSPS) is 15.1. The van der Waals surface area contributed by atoms with Crippen LogP contribution in [-0.2, 0) is 4.74 Å². The highest BCUT2D eigenvalue weighted by molar-refractivity contribution is 5.90. The van der Waals surface area contributed by atoms with Crippen LogP contribution in [0.1, 0.15) is 0 Å². The lowest BCUT2D eigenvalue weighted by molar-refractivity contribution is 0.0322. The van der Waals surface area contributed by atoms with Crippen molar-refractivity contribution in [1.82, 2.24) is 14.5 Å². The van der Waals surface area contributed by atoms with Gasteiger partial charge in [0.1, 0.15) is 18.0 Å². The van der Waals surface area contributed by atoms with Crippen molar-refractivity contribution in [2.45, 2.75) is 0 Å². The second kappa shape index (κ2) is 7.77. The third-order valence-corrected chi connectivity index (χ3v) is 4.63. The van der Waals surface area contributed by atoms with Gasteiger partial charge in [0.25, 0.3) is 0 Å². The van der Waals surface area contributed by atoms with E-state index in [1.54, 1.807) is 6.20 Å². The van der Waals surface area contributed by atoms with Crippen LogP contribution in [-0.4, -0.2) is 59.9 Å². The van der Waals surface area contributed by atoms with E-state index in [1.807, 2.05) is 30.3 Å². The smallest absolute Gasteiger partial charge is 0.324 e. The summed E-state index contributed by atoms with van der Waals surface area (Å²) in [6, 6.07) is 12.3. The first-order valence-electron chi connectivity index (χ1n) is 8.92. The summed E-state index contributed by atoms with van der Waals surface area (Å²) in [5, 5.41) is 0.741. The third kappa shape index (κ3) is 3.94. The van der Waals surface area contributed by atoms with Crippen LogP contribution in [0.4, 0.5) is 4.79 Å². The number of aromatic nitrogens is 2. The first-order chi connectivity index (χ1) is 13.2. The van der Waals surface area contributed by atoms with Gasteiger partial charge in [-0.15, -0.1) is 0 Å². The molecule has 0 aliphatic carbocycles. The topological polar surface area (TPSA) is 82.6 Å². The van der Waals surface area contributed by atoms with Crippen LogP contribution in [0.25, 0.3) is 22.2 Å². The number of rotatable bonds is 5. The van der Waals surface area contributed by atoms with Crippen LogP contribution >= 0.6 is 0 Å². The van der Waals surface area contributed by atoms with Crippen molar-refractivity contribution in [3.05, 3.63) is 48.8 Å². The molecule has 3 heterocycles. The monoisotopic (exact) mass is 365 g/mol. The standard InChI is InChI=1S/C20H21N4O3/c21-20(25)24-5-4-16-12-17(14-22-19(16)24)15-2-1-3-18(13-15)27-11-8-23-6-9-26-10-7-23/h1-3,5,12-14H,6-11H2,(H2,21,25). The number of carbonyl (C=O) groups excluding carboxylic acids is 1. The highest BCUT2D eigenvalue weighted by Crippen LogP contribution is 2.26. The Kier molecular flexibility index (Phi) is 5.04. The Morgan fingerprint density at radius 1 is 1.26 bits per heavy atom. The molecule has 0 unspecified atom stereocenters. The van der Waals surface area contributed by atoms with E-state index >= 15 is 0 Å². The predicted molar refractivity (Wildman–Crippen MR) is 102 cm³/mol. The van der Waals surface area contributed by atoms with Gasteiger partial charge in [0.05, 0.1) is 13.2 Å². The summed E-state index contributed by atoms with van der Waals surface area (Å²) < 4.78 is 12.6. The van der Waals surface area contributed by atoms with Crippen molar-refractivity contribution in [2.24, 2.45) is 5.73 Å². The fourth-order valence-electron chi connectivity index (χ4n) is 3.16. The summed E-state index contributed by atoms with van der Waals surface area (Å²) in [6.07, 6.45) is 3.23. The number of nitrogens with two attached hydrogens (primary N) is 1. The molecular formula is C20H21N4O3. The lowest BCUT2D eigenvalue weighted by atomic mass is 10.1. The number of primary amides is 1. The number of amides is 1. The first-order valence-corrected chi connectivity index (χ1v) is 8.92. The molecular weight excluding hydrogens is 344 g/mol. The molecule has 0 bridgehead atoms. The number of benzene rings is 1. The lowest BCUT2D eigenvalue weighted by Crippen LogP contribution is -2.38. The number of ether oxygens (including phenoxy) is 2. The van der Waals surface area contributed by atoms with E-state index in [1.165, 1.54) is 10.8 Å². The average Bonchev–Trinajstić information content (AvgIpc) is 3.13. The Balaban J connectivity index is 1.46. The zero-order valence-electron chi connectivity index (χ0n) is 14.9. The molecule has 1 amide bonds. The molecule has 1 aliphatic rings. The molecule has 0 spiro atoms. The number of nitrogens with zero attached hydrogens (tertiary/aromatic N) is 3. The minimum absolute atomic E-state index is 0.504. The fourth-order valence-corrected chi connectivity index (χ4v) is 3.16. The summed E-state index contributed by atoms with van der Waals surface area (Å²) in [5.74, 6) is 0.819. The Morgan fingerprint density at radius 2 is 2.11 bits per heavy atom. The van der Waals surface area contributed by atoms with E-state index in [-0.39, 0.29) is 0 Å². The molecule has 27 heavy (non-hydrogen) atoms. The zero-order valence-corrected chi connectivity index (χ0v) is 14.9. The molecule has 0 atom stereocenters. The van der Waals surface area contributed by atoms with Gasteiger partial charge in [0, 0.05) is 49.0 Å². The molecule has 2 N–H and O–H groups in total. The lowest BCUT2D eigenvalue weighted by Gasteiger charge is -2.26. The highest BCUT2D eigenvalue weighted by atomic mass is 16.5. The number of morpholine rings is 1. The van der Waals surface area contributed by atoms with Gasteiger partial charge >= 0.3 is 6.03 Å². The predicted octanol–water partition coefficient (Wildman–Crippen LogP) is 2.14. The fraction of sp³-hybridized carbons (Fsp3) is 0.300. The molecule has 1 aliphatic heterocycles. The van der Waals surface area contributed by atoms with Crippen LogP contribution in [0.5, 0.6) is 5.75 Å². The van der Waals surface area contributed by atoms with Gasteiger partial charge < -0.3 is 15.2 Å². The van der Waals surface area contributed by atoms with E-state index in [0.29, 0.717) is 12.3 Å². The highest BCUT2D eigenvalue weighted by Gasteiger charge is 2.11. The van der Waals surface area contributed by atoms with Gasteiger partial charge in [-0.2, -0.15) is 0 Å². The number of fused-ring (bicyclic) bond motifs is 1. The van der Waals surface area contributed by atoms with Crippen LogP contribution in [0.2, 0.25) is 0 Å². The van der Waals surface area contributed by atoms with Gasteiger partial charge in [0.15, 0.2) is 0 Å². The van der Waals surface area contributed by atoms with Crippen molar-refractivity contribution >= 4 is 17.1 Å². The Hall–Kier alpha value is -2.90. The Labute approximate surface area is 157 Å². The molecule has 1 fully saturated rings. The van der Waals surface area contributed by atoms with Gasteiger partial charge in [0.2, 0.25) is 0 Å². The maximum absolute atomic E-state index is 11.4. The quantitative estimate of drug-likeness (QED) is 0.749. The van der Waals surface area contributed by atoms with E-state index in [0.717, 1.165) is 55.1 Å². The molecule has 4 rings (SSSR count). The zero-order chi connectivity index (χ0) is 18.6. The van der Waals surface area contributed by atoms with Crippen LogP contribution in [0.15, 0.2) is 42.7 Å². The van der Waals surface area contributed by atoms with E-state index in [4.69, 9.17) is 15.2 Å². The average molecular weight is 365 g/mol. The summed E-state index contributed by atoms with van der Waals surface area (Å²) in [7, 11) is 0. The van der Waals surface area contributed by atoms with Gasteiger partial charge in [-0.3, -0.25) is 9.47 Å². The molecule has 3 aromatic rings. The summed E-state index contributed by atoms with van der Waals surface area (Å²) in [4.78, 5) is 18.1. The number of carbonyl (C=O) groups is 1. The minimum atomic E-state index is -0.572. The second-order valence-corrected chi connectivity index (χ2v) is 6.41. The van der Waals surface area contributed by atoms with Crippen LogP contribution in [0.3, 0.4) is 0 Å². The Bertz CT molecular complexity index is 947. The van der Waals surface area contributed by atoms with Crippen LogP contribution in [0, 0.1) is 6.07 Å². The van der Waals surface area contributed by atoms with E-state index in [9.17, 15) is 4.79 Å². The first kappa shape index (κ1) is 17.5. The third-order valence-electron chi connectivity index (χ3n) is 4.63. The van der Waals surface area contributed by atoms with Crippen molar-refractivity contribution in [3.63, 3.8) is 0 Å². The summed E-state index contributed by atoms with van der Waals surface area (Å²) in [5.41, 5.74) is 7.76. The van der Waals surface area contributed by atoms with Crippen molar-refractivity contribution in [3.8, 4) is 16.9 Å². The maximum Gasteiger partial charge on any atom is 0.324 e. The SMILES string of the molecule is NC(=O)n1c[c]c2cc(-c3cccc(OCCN4CCOCC4)c3)cnc21. The van der Waals surface area contributed by atoms with Crippen molar-refractivity contribution in [2.75, 3.05) is 39.5 Å². The molecule has 139 valence electrons. The molecule has 0 saturated carbocycles. The number of hydrogen-bond donors (Lipinski definition) is 1. The van der Waals surface area contributed by atoms with Crippen LogP contribution < -0.4 is 10.5 Å². The molecule has 7 nitrogen and oxygen atoms in total. The van der Waals surface area contributed by atoms with Crippen molar-refractivity contribution < 1.29 is 14.3 Å². The molecule has 2 aromatic heterocycles. The molecule has 1 aromatic carbocycles. The number of pyridine rings is 1. The molecule has 1 radical (unpaired) electrons. The summed E-state index contributed by atoms with van der Waals surface area (Å²) >= 11 is 0. The van der Waals surface area contributed by atoms with Gasteiger partial charge in [-0.05, 0) is 23.8 Å². The second-order valence-electron chi connectivity index (χ2n) is 6.41. The molecule has 1 saturated heterocycles. The van der Waals surface area contributed by atoms with Gasteiger partial charge in [-0.25, -0.2) is 9.78 Å². The van der Waals surface area contributed by atoms with E-state index in [2.05, 4.69) is 16.0 Å². The summed E-state index contributed by atoms with van der Waals surface area (Å²) in [6.45, 7) is 5.01. The number of hydrogen-bond acceptors (Lipinski definition) is 5. The van der Waals surface area contributed by atoms with Gasteiger partial charge in [-0.1, -0.05) is 12.1 Å². The maximum atomic E-state index is 11.4. The molecule has 7 heteroatoms. The van der Waals surface area contributed by atoms with Crippen molar-refractivity contribution in [1.29, 1.82) is 0 Å². The Morgan fingerprint density at radius 3 is 2.93 bits per heavy atom. The minimum Gasteiger partial charge on any atom is -0.492 e.